The first-order valence-corrected chi connectivity index (χ1v) is 15.1. The van der Waals surface area contributed by atoms with Crippen molar-refractivity contribution >= 4 is 16.5 Å². The average molecular weight is 329 g/mol. The molecule has 126 valence electrons. The summed E-state index contributed by atoms with van der Waals surface area (Å²) in [6.07, 6.45) is 1.43. The maximum Gasteiger partial charge on any atom is 0.123 e. The Labute approximate surface area is 136 Å². The van der Waals surface area contributed by atoms with Crippen molar-refractivity contribution in [1.29, 1.82) is 0 Å². The lowest BCUT2D eigenvalue weighted by Gasteiger charge is -2.41. The predicted octanol–water partition coefficient (Wildman–Crippen LogP) is 4.81. The van der Waals surface area contributed by atoms with Crippen molar-refractivity contribution in [2.45, 2.75) is 97.3 Å². The van der Waals surface area contributed by atoms with Gasteiger partial charge in [0.1, 0.15) is 16.5 Å². The van der Waals surface area contributed by atoms with Crippen LogP contribution in [0.15, 0.2) is 0 Å². The van der Waals surface area contributed by atoms with Gasteiger partial charge in [0.25, 0.3) is 0 Å². The molecule has 0 aliphatic heterocycles. The summed E-state index contributed by atoms with van der Waals surface area (Å²) in [7, 11) is -2.73. The van der Waals surface area contributed by atoms with Crippen LogP contribution in [-0.4, -0.2) is 28.6 Å². The molecule has 1 fully saturated rings. The quantitative estimate of drug-likeness (QED) is 0.684. The lowest BCUT2D eigenvalue weighted by Crippen LogP contribution is -2.56. The summed E-state index contributed by atoms with van der Waals surface area (Å²) in [6, 6.07) is 1.23. The van der Waals surface area contributed by atoms with Crippen LogP contribution in [0.25, 0.3) is 0 Å². The topological polar surface area (TPSA) is 24.1 Å². The van der Waals surface area contributed by atoms with E-state index in [1.165, 1.54) is 6.42 Å². The second-order valence-corrected chi connectivity index (χ2v) is 18.1. The van der Waals surface area contributed by atoms with Gasteiger partial charge in [0.2, 0.25) is 0 Å². The zero-order valence-electron chi connectivity index (χ0n) is 16.2. The Morgan fingerprint density at radius 3 is 1.67 bits per heavy atom. The van der Waals surface area contributed by atoms with Crippen LogP contribution in [-0.2, 0) is 0 Å². The predicted molar refractivity (Wildman–Crippen MR) is 102 cm³/mol. The van der Waals surface area contributed by atoms with E-state index < -0.39 is 16.5 Å². The normalized spacial score (nSPS) is 31.4. The maximum absolute atomic E-state index is 3.97. The number of hydrogen-bond donors (Lipinski definition) is 2. The van der Waals surface area contributed by atoms with Crippen molar-refractivity contribution in [2.24, 2.45) is 11.8 Å². The van der Waals surface area contributed by atoms with Crippen molar-refractivity contribution in [1.82, 2.24) is 9.96 Å². The Bertz CT molecular complexity index is 340. The van der Waals surface area contributed by atoms with E-state index in [9.17, 15) is 0 Å². The van der Waals surface area contributed by atoms with Crippen molar-refractivity contribution in [3.05, 3.63) is 0 Å². The van der Waals surface area contributed by atoms with Gasteiger partial charge in [0.05, 0.1) is 0 Å². The van der Waals surface area contributed by atoms with Crippen LogP contribution in [0.2, 0.25) is 37.3 Å². The van der Waals surface area contributed by atoms with Crippen molar-refractivity contribution in [3.63, 3.8) is 0 Å². The molecule has 0 spiro atoms. The van der Waals surface area contributed by atoms with Gasteiger partial charge in [-0.25, -0.2) is 0 Å². The molecule has 2 nitrogen and oxygen atoms in total. The van der Waals surface area contributed by atoms with Crippen LogP contribution in [0.1, 0.15) is 48.0 Å². The molecular weight excluding hydrogens is 288 g/mol. The maximum atomic E-state index is 3.97. The highest BCUT2D eigenvalue weighted by molar-refractivity contribution is 6.78. The molecular formula is C17H40N2Si2. The van der Waals surface area contributed by atoms with Crippen LogP contribution in [0.3, 0.4) is 0 Å². The fraction of sp³-hybridized carbons (Fsp3) is 1.00. The van der Waals surface area contributed by atoms with E-state index in [0.29, 0.717) is 12.1 Å². The van der Waals surface area contributed by atoms with Crippen molar-refractivity contribution in [3.8, 4) is 0 Å². The minimum Gasteiger partial charge on any atom is -0.335 e. The monoisotopic (exact) mass is 328 g/mol. The third-order valence-corrected chi connectivity index (χ3v) is 13.5. The molecule has 0 aromatic heterocycles. The summed E-state index contributed by atoms with van der Waals surface area (Å²) < 4.78 is 0. The second-order valence-electron chi connectivity index (χ2n) is 9.25. The smallest absolute Gasteiger partial charge is 0.123 e. The number of hydrogen-bond acceptors (Lipinski definition) is 2. The SMILES string of the molecule is CC(C)N[Si](C)(C)C1CC(C)C([Si](C)(C)NC(C)C)C1C. The molecule has 0 radical (unpaired) electrons. The molecule has 1 saturated carbocycles. The zero-order valence-corrected chi connectivity index (χ0v) is 18.2. The van der Waals surface area contributed by atoms with Crippen molar-refractivity contribution < 1.29 is 0 Å². The van der Waals surface area contributed by atoms with Gasteiger partial charge in [-0.05, 0) is 41.4 Å². The summed E-state index contributed by atoms with van der Waals surface area (Å²) in [4.78, 5) is 7.93. The van der Waals surface area contributed by atoms with Crippen LogP contribution in [0, 0.1) is 11.8 Å². The highest BCUT2D eigenvalue weighted by Crippen LogP contribution is 2.55. The minimum atomic E-state index is -1.38. The summed E-state index contributed by atoms with van der Waals surface area (Å²) >= 11 is 0. The second kappa shape index (κ2) is 6.85. The molecule has 0 heterocycles. The van der Waals surface area contributed by atoms with Gasteiger partial charge in [0.15, 0.2) is 0 Å². The van der Waals surface area contributed by atoms with Gasteiger partial charge in [-0.1, -0.05) is 67.7 Å². The Hall–Kier alpha value is 0.354. The summed E-state index contributed by atoms with van der Waals surface area (Å²) in [5.41, 5.74) is 1.83. The van der Waals surface area contributed by atoms with E-state index in [4.69, 9.17) is 0 Å². The molecule has 0 aromatic carbocycles. The largest absolute Gasteiger partial charge is 0.335 e. The summed E-state index contributed by atoms with van der Waals surface area (Å²) in [5, 5.41) is 0. The lowest BCUT2D eigenvalue weighted by atomic mass is 10.1. The zero-order chi connectivity index (χ0) is 16.6. The van der Waals surface area contributed by atoms with Gasteiger partial charge in [-0.3, -0.25) is 0 Å². The Morgan fingerprint density at radius 1 is 0.810 bits per heavy atom. The van der Waals surface area contributed by atoms with Gasteiger partial charge >= 0.3 is 0 Å². The van der Waals surface area contributed by atoms with E-state index in [-0.39, 0.29) is 0 Å². The van der Waals surface area contributed by atoms with Crippen molar-refractivity contribution in [2.75, 3.05) is 0 Å². The van der Waals surface area contributed by atoms with Crippen LogP contribution in [0.5, 0.6) is 0 Å². The van der Waals surface area contributed by atoms with E-state index in [2.05, 4.69) is 77.7 Å². The van der Waals surface area contributed by atoms with Crippen LogP contribution < -0.4 is 9.96 Å². The Balaban J connectivity index is 2.93. The first kappa shape index (κ1) is 19.4. The molecule has 1 aliphatic carbocycles. The molecule has 1 rings (SSSR count). The molecule has 0 bridgehead atoms. The van der Waals surface area contributed by atoms with Gasteiger partial charge in [-0.2, -0.15) is 0 Å². The molecule has 4 atom stereocenters. The molecule has 0 aromatic rings. The first-order chi connectivity index (χ1) is 9.38. The first-order valence-electron chi connectivity index (χ1n) is 8.94. The third kappa shape index (κ3) is 4.66. The molecule has 2 N–H and O–H groups in total. The fourth-order valence-corrected chi connectivity index (χ4v) is 14.7. The van der Waals surface area contributed by atoms with Gasteiger partial charge < -0.3 is 9.96 Å². The van der Waals surface area contributed by atoms with E-state index in [1.807, 2.05) is 0 Å². The molecule has 0 amide bonds. The highest BCUT2D eigenvalue weighted by Gasteiger charge is 2.52. The lowest BCUT2D eigenvalue weighted by molar-refractivity contribution is 0.514. The summed E-state index contributed by atoms with van der Waals surface area (Å²) in [5.74, 6) is 1.74. The molecule has 4 unspecified atom stereocenters. The van der Waals surface area contributed by atoms with Gasteiger partial charge in [-0.15, -0.1) is 0 Å². The van der Waals surface area contributed by atoms with E-state index in [0.717, 1.165) is 22.9 Å². The number of rotatable bonds is 6. The summed E-state index contributed by atoms with van der Waals surface area (Å²) in [6.45, 7) is 24.5. The van der Waals surface area contributed by atoms with E-state index in [1.54, 1.807) is 0 Å². The van der Waals surface area contributed by atoms with Crippen LogP contribution in [0.4, 0.5) is 0 Å². The number of nitrogens with one attached hydrogen (secondary N) is 2. The Kier molecular flexibility index (Phi) is 6.33. The average Bonchev–Trinajstić information content (AvgIpc) is 2.51. The van der Waals surface area contributed by atoms with E-state index >= 15 is 0 Å². The molecule has 21 heavy (non-hydrogen) atoms. The molecule has 0 saturated heterocycles. The minimum absolute atomic E-state index is 0.615. The van der Waals surface area contributed by atoms with Crippen LogP contribution >= 0.6 is 0 Å². The molecule has 4 heteroatoms. The van der Waals surface area contributed by atoms with Gasteiger partial charge in [0, 0.05) is 0 Å². The Morgan fingerprint density at radius 2 is 1.24 bits per heavy atom. The molecule has 1 aliphatic rings. The highest BCUT2D eigenvalue weighted by atomic mass is 28.3. The standard InChI is InChI=1S/C17H40N2Si2/c1-12(2)18-20(7,8)16-11-14(5)17(15(16)6)21(9,10)19-13(3)4/h12-19H,11H2,1-10H3. The third-order valence-electron chi connectivity index (χ3n) is 5.52. The fourth-order valence-electron chi connectivity index (χ4n) is 5.54.